The predicted octanol–water partition coefficient (Wildman–Crippen LogP) is 3.79. The van der Waals surface area contributed by atoms with E-state index in [1.165, 1.54) is 0 Å². The van der Waals surface area contributed by atoms with E-state index in [0.717, 1.165) is 5.56 Å². The number of nitrogen functional groups attached to an aromatic ring is 1. The fraction of sp³-hybridized carbons (Fsp3) is 0.105. The van der Waals surface area contributed by atoms with E-state index in [-0.39, 0.29) is 0 Å². The average molecular weight is 319 g/mol. The van der Waals surface area contributed by atoms with Crippen LogP contribution in [0.3, 0.4) is 0 Å². The van der Waals surface area contributed by atoms with Gasteiger partial charge < -0.3 is 15.2 Å². The van der Waals surface area contributed by atoms with Crippen LogP contribution in [0.1, 0.15) is 11.3 Å². The molecule has 0 saturated carbocycles. The maximum absolute atomic E-state index is 9.38. The van der Waals surface area contributed by atoms with Gasteiger partial charge in [-0.1, -0.05) is 36.4 Å². The van der Waals surface area contributed by atoms with Crippen molar-refractivity contribution in [3.05, 3.63) is 71.9 Å². The maximum Gasteiger partial charge on any atom is 0.224 e. The van der Waals surface area contributed by atoms with E-state index in [2.05, 4.69) is 6.07 Å². The number of nitriles is 1. The topological polar surface area (TPSA) is 73.2 Å². The molecule has 24 heavy (non-hydrogen) atoms. The van der Waals surface area contributed by atoms with E-state index in [9.17, 15) is 5.26 Å². The summed E-state index contributed by atoms with van der Waals surface area (Å²) < 4.78 is 12.9. The summed E-state index contributed by atoms with van der Waals surface area (Å²) in [7, 11) is 1.60. The van der Waals surface area contributed by atoms with Crippen molar-refractivity contribution in [1.29, 1.82) is 5.26 Å². The van der Waals surface area contributed by atoms with Crippen molar-refractivity contribution in [2.45, 2.75) is 6.54 Å². The third-order valence-electron chi connectivity index (χ3n) is 3.63. The number of ether oxygens (including phenoxy) is 2. The number of methoxy groups -OCH3 is 1. The lowest BCUT2D eigenvalue weighted by atomic mass is 10.2. The number of anilines is 1. The van der Waals surface area contributed by atoms with E-state index in [0.29, 0.717) is 35.3 Å². The van der Waals surface area contributed by atoms with Gasteiger partial charge in [0.1, 0.15) is 23.3 Å². The first kappa shape index (κ1) is 15.5. The van der Waals surface area contributed by atoms with E-state index in [4.69, 9.17) is 15.2 Å². The van der Waals surface area contributed by atoms with Crippen molar-refractivity contribution in [2.24, 2.45) is 0 Å². The smallest absolute Gasteiger partial charge is 0.224 e. The van der Waals surface area contributed by atoms with Crippen LogP contribution in [0.25, 0.3) is 0 Å². The molecule has 5 nitrogen and oxygen atoms in total. The summed E-state index contributed by atoms with van der Waals surface area (Å²) in [6.45, 7) is 0.500. The molecule has 0 saturated heterocycles. The van der Waals surface area contributed by atoms with Gasteiger partial charge in [-0.15, -0.1) is 0 Å². The number of rotatable bonds is 5. The first-order chi connectivity index (χ1) is 11.7. The second kappa shape index (κ2) is 6.80. The molecule has 0 unspecified atom stereocenters. The summed E-state index contributed by atoms with van der Waals surface area (Å²) in [6, 6.07) is 20.9. The van der Waals surface area contributed by atoms with Crippen molar-refractivity contribution in [3.8, 4) is 23.4 Å². The van der Waals surface area contributed by atoms with Gasteiger partial charge in [-0.2, -0.15) is 5.26 Å². The lowest BCUT2D eigenvalue weighted by Crippen LogP contribution is -2.05. The third kappa shape index (κ3) is 3.18. The summed E-state index contributed by atoms with van der Waals surface area (Å²) in [6.07, 6.45) is 0. The molecule has 0 amide bonds. The summed E-state index contributed by atoms with van der Waals surface area (Å²) in [5.74, 6) is 1.73. The van der Waals surface area contributed by atoms with Crippen LogP contribution in [-0.2, 0) is 6.54 Å². The first-order valence-electron chi connectivity index (χ1n) is 7.46. The SMILES string of the molecule is COc1cccc(Oc2c(N)cc(C#N)n2Cc2ccccc2)c1. The number of aromatic nitrogens is 1. The molecule has 3 rings (SSSR count). The zero-order valence-electron chi connectivity index (χ0n) is 13.3. The van der Waals surface area contributed by atoms with E-state index < -0.39 is 0 Å². The average Bonchev–Trinajstić information content (AvgIpc) is 2.91. The Morgan fingerprint density at radius 3 is 2.50 bits per heavy atom. The molecule has 0 bridgehead atoms. The largest absolute Gasteiger partial charge is 0.497 e. The van der Waals surface area contributed by atoms with E-state index in [1.54, 1.807) is 23.8 Å². The summed E-state index contributed by atoms with van der Waals surface area (Å²) in [5, 5.41) is 9.38. The molecule has 0 radical (unpaired) electrons. The molecule has 0 fully saturated rings. The molecule has 3 aromatic rings. The van der Waals surface area contributed by atoms with E-state index in [1.807, 2.05) is 48.5 Å². The van der Waals surface area contributed by atoms with Crippen LogP contribution >= 0.6 is 0 Å². The Morgan fingerprint density at radius 1 is 1.04 bits per heavy atom. The fourth-order valence-corrected chi connectivity index (χ4v) is 2.46. The molecule has 1 aromatic heterocycles. The zero-order chi connectivity index (χ0) is 16.9. The number of nitrogens with two attached hydrogens (primary N) is 1. The predicted molar refractivity (Wildman–Crippen MR) is 92.2 cm³/mol. The number of hydrogen-bond acceptors (Lipinski definition) is 4. The van der Waals surface area contributed by atoms with Crippen molar-refractivity contribution in [3.63, 3.8) is 0 Å². The lowest BCUT2D eigenvalue weighted by molar-refractivity contribution is 0.403. The molecule has 0 atom stereocenters. The standard InChI is InChI=1S/C19H17N3O2/c1-23-16-8-5-9-17(11-16)24-19-18(21)10-15(12-20)22(19)13-14-6-3-2-4-7-14/h2-11H,13,21H2,1H3. The second-order valence-electron chi connectivity index (χ2n) is 5.25. The van der Waals surface area contributed by atoms with E-state index >= 15 is 0 Å². The van der Waals surface area contributed by atoms with Crippen LogP contribution in [0.4, 0.5) is 5.69 Å². The molecular weight excluding hydrogens is 302 g/mol. The minimum atomic E-state index is 0.422. The fourth-order valence-electron chi connectivity index (χ4n) is 2.46. The molecule has 0 spiro atoms. The minimum absolute atomic E-state index is 0.422. The monoisotopic (exact) mass is 319 g/mol. The lowest BCUT2D eigenvalue weighted by Gasteiger charge is -2.13. The van der Waals surface area contributed by atoms with Gasteiger partial charge in [0.15, 0.2) is 0 Å². The van der Waals surface area contributed by atoms with Crippen LogP contribution in [0.5, 0.6) is 17.4 Å². The molecule has 5 heteroatoms. The Balaban J connectivity index is 1.97. The summed E-state index contributed by atoms with van der Waals surface area (Å²) in [4.78, 5) is 0. The summed E-state index contributed by atoms with van der Waals surface area (Å²) >= 11 is 0. The molecule has 1 heterocycles. The quantitative estimate of drug-likeness (QED) is 0.776. The van der Waals surface area contributed by atoms with Gasteiger partial charge in [0.2, 0.25) is 5.88 Å². The normalized spacial score (nSPS) is 10.2. The van der Waals surface area contributed by atoms with Crippen molar-refractivity contribution >= 4 is 5.69 Å². The zero-order valence-corrected chi connectivity index (χ0v) is 13.3. The van der Waals surface area contributed by atoms with Gasteiger partial charge in [0.05, 0.1) is 19.3 Å². The van der Waals surface area contributed by atoms with Gasteiger partial charge in [-0.3, -0.25) is 4.57 Å². The molecule has 0 aliphatic carbocycles. The molecule has 120 valence electrons. The van der Waals surface area contributed by atoms with Crippen LogP contribution in [-0.4, -0.2) is 11.7 Å². The molecule has 0 aliphatic heterocycles. The van der Waals surface area contributed by atoms with Gasteiger partial charge in [-0.05, 0) is 17.7 Å². The van der Waals surface area contributed by atoms with Crippen LogP contribution in [0.15, 0.2) is 60.7 Å². The van der Waals surface area contributed by atoms with Crippen LogP contribution in [0, 0.1) is 11.3 Å². The number of benzene rings is 2. The number of hydrogen-bond donors (Lipinski definition) is 1. The molecule has 2 N–H and O–H groups in total. The molecule has 2 aromatic carbocycles. The van der Waals surface area contributed by atoms with Crippen molar-refractivity contribution in [1.82, 2.24) is 4.57 Å². The third-order valence-corrected chi connectivity index (χ3v) is 3.63. The maximum atomic E-state index is 9.38. The van der Waals surface area contributed by atoms with Gasteiger partial charge >= 0.3 is 0 Å². The van der Waals surface area contributed by atoms with Gasteiger partial charge in [0.25, 0.3) is 0 Å². The Labute approximate surface area is 140 Å². The molecular formula is C19H17N3O2. The highest BCUT2D eigenvalue weighted by molar-refractivity contribution is 5.57. The Hall–Kier alpha value is -3.39. The number of nitrogens with zero attached hydrogens (tertiary/aromatic N) is 2. The Kier molecular flexibility index (Phi) is 4.39. The highest BCUT2D eigenvalue weighted by atomic mass is 16.5. The van der Waals surface area contributed by atoms with Crippen molar-refractivity contribution < 1.29 is 9.47 Å². The molecule has 0 aliphatic rings. The summed E-state index contributed by atoms with van der Waals surface area (Å²) in [5.41, 5.74) is 7.99. The minimum Gasteiger partial charge on any atom is -0.497 e. The highest BCUT2D eigenvalue weighted by Crippen LogP contribution is 2.33. The first-order valence-corrected chi connectivity index (χ1v) is 7.46. The Bertz CT molecular complexity index is 879. The van der Waals surface area contributed by atoms with Gasteiger partial charge in [0, 0.05) is 12.1 Å². The van der Waals surface area contributed by atoms with Crippen LogP contribution < -0.4 is 15.2 Å². The van der Waals surface area contributed by atoms with Crippen molar-refractivity contribution in [2.75, 3.05) is 12.8 Å². The van der Waals surface area contributed by atoms with Gasteiger partial charge in [-0.25, -0.2) is 0 Å². The highest BCUT2D eigenvalue weighted by Gasteiger charge is 2.16. The Morgan fingerprint density at radius 2 is 1.79 bits per heavy atom. The van der Waals surface area contributed by atoms with Crippen LogP contribution in [0.2, 0.25) is 0 Å². The second-order valence-corrected chi connectivity index (χ2v) is 5.25.